The molecule has 2 atom stereocenters. The molecule has 2 aromatic rings. The zero-order valence-electron chi connectivity index (χ0n) is 17.4. The van der Waals surface area contributed by atoms with Gasteiger partial charge in [0.15, 0.2) is 17.2 Å². The fraction of sp³-hybridized carbons (Fsp3) is 0.304. The third kappa shape index (κ3) is 3.30. The summed E-state index contributed by atoms with van der Waals surface area (Å²) in [6.45, 7) is 0. The van der Waals surface area contributed by atoms with Gasteiger partial charge in [0.1, 0.15) is 5.75 Å². The van der Waals surface area contributed by atoms with Gasteiger partial charge in [-0.05, 0) is 18.2 Å². The van der Waals surface area contributed by atoms with Gasteiger partial charge in [-0.2, -0.15) is 5.26 Å². The number of amides is 1. The molecule has 2 aromatic carbocycles. The Kier molecular flexibility index (Phi) is 5.56. The number of hydrogen-bond donors (Lipinski definition) is 1. The van der Waals surface area contributed by atoms with E-state index in [1.165, 1.54) is 30.9 Å². The quantitative estimate of drug-likeness (QED) is 0.765. The molecule has 31 heavy (non-hydrogen) atoms. The Morgan fingerprint density at radius 1 is 1.10 bits per heavy atom. The molecule has 2 aliphatic heterocycles. The lowest BCUT2D eigenvalue weighted by atomic mass is 9.85. The van der Waals surface area contributed by atoms with Crippen molar-refractivity contribution in [2.45, 2.75) is 18.1 Å². The second-order valence-electron chi connectivity index (χ2n) is 7.23. The van der Waals surface area contributed by atoms with E-state index in [9.17, 15) is 15.2 Å². The molecule has 4 rings (SSSR count). The number of methoxy groups -OCH3 is 3. The Morgan fingerprint density at radius 2 is 1.81 bits per heavy atom. The van der Waals surface area contributed by atoms with E-state index in [1.807, 2.05) is 24.3 Å². The summed E-state index contributed by atoms with van der Waals surface area (Å²) in [5, 5.41) is 22.1. The Labute approximate surface area is 184 Å². The van der Waals surface area contributed by atoms with Crippen LogP contribution in [0.2, 0.25) is 0 Å². The standard InChI is InChI=1S/C23H22N2O5S/c1-28-18-7-5-4-6-15(18)16-11-21(26)25-22(17(16)12-24)31-13-23(25,27)14-8-9-19(29-2)20(10-14)30-3/h4-10,16,27H,11,13H2,1-3H3. The highest BCUT2D eigenvalue weighted by Crippen LogP contribution is 2.53. The number of nitrogens with zero attached hydrogens (tertiary/aromatic N) is 2. The summed E-state index contributed by atoms with van der Waals surface area (Å²) < 4.78 is 16.1. The SMILES string of the molecule is COc1ccc(C2(O)CSC3=C(C#N)C(c4ccccc4OC)CC(=O)N32)cc1OC. The highest BCUT2D eigenvalue weighted by molar-refractivity contribution is 8.03. The maximum absolute atomic E-state index is 13.3. The number of fused-ring (bicyclic) bond motifs is 1. The summed E-state index contributed by atoms with van der Waals surface area (Å²) in [5.74, 6) is 1.11. The number of nitriles is 1. The van der Waals surface area contributed by atoms with Crippen LogP contribution in [0, 0.1) is 11.3 Å². The Balaban J connectivity index is 1.81. The van der Waals surface area contributed by atoms with Crippen molar-refractivity contribution in [3.05, 3.63) is 64.2 Å². The van der Waals surface area contributed by atoms with E-state index >= 15 is 0 Å². The van der Waals surface area contributed by atoms with Crippen LogP contribution in [0.15, 0.2) is 53.1 Å². The van der Waals surface area contributed by atoms with E-state index in [0.717, 1.165) is 5.56 Å². The minimum Gasteiger partial charge on any atom is -0.496 e. The number of aliphatic hydroxyl groups is 1. The molecule has 0 radical (unpaired) electrons. The van der Waals surface area contributed by atoms with Crippen molar-refractivity contribution >= 4 is 17.7 Å². The van der Waals surface area contributed by atoms with Gasteiger partial charge in [0, 0.05) is 23.5 Å². The number of rotatable bonds is 5. The highest BCUT2D eigenvalue weighted by atomic mass is 32.2. The summed E-state index contributed by atoms with van der Waals surface area (Å²) in [6, 6.07) is 14.7. The molecule has 7 nitrogen and oxygen atoms in total. The molecule has 0 aromatic heterocycles. The minimum atomic E-state index is -1.59. The van der Waals surface area contributed by atoms with Gasteiger partial charge in [-0.25, -0.2) is 0 Å². The number of carbonyl (C=O) groups is 1. The van der Waals surface area contributed by atoms with E-state index in [-0.39, 0.29) is 18.1 Å². The van der Waals surface area contributed by atoms with Crippen LogP contribution < -0.4 is 14.2 Å². The molecule has 8 heteroatoms. The van der Waals surface area contributed by atoms with E-state index in [1.54, 1.807) is 25.3 Å². The maximum Gasteiger partial charge on any atom is 0.231 e. The van der Waals surface area contributed by atoms with Crippen molar-refractivity contribution in [1.82, 2.24) is 4.90 Å². The van der Waals surface area contributed by atoms with E-state index in [2.05, 4.69) is 6.07 Å². The van der Waals surface area contributed by atoms with Gasteiger partial charge in [-0.15, -0.1) is 11.8 Å². The summed E-state index contributed by atoms with van der Waals surface area (Å²) in [6.07, 6.45) is 0.0585. The summed E-state index contributed by atoms with van der Waals surface area (Å²) in [7, 11) is 4.61. The fourth-order valence-corrected chi connectivity index (χ4v) is 5.50. The number of hydrogen-bond acceptors (Lipinski definition) is 7. The molecule has 1 amide bonds. The first-order valence-corrected chi connectivity index (χ1v) is 10.6. The van der Waals surface area contributed by atoms with Crippen LogP contribution >= 0.6 is 11.8 Å². The Hall–Kier alpha value is -3.15. The molecule has 0 bridgehead atoms. The van der Waals surface area contributed by atoms with Crippen LogP contribution in [0.3, 0.4) is 0 Å². The van der Waals surface area contributed by atoms with Crippen LogP contribution in [-0.4, -0.2) is 43.0 Å². The average Bonchev–Trinajstić information content (AvgIpc) is 3.17. The van der Waals surface area contributed by atoms with Crippen LogP contribution in [0.25, 0.3) is 0 Å². The topological polar surface area (TPSA) is 92.0 Å². The number of para-hydroxylation sites is 1. The molecule has 2 unspecified atom stereocenters. The number of benzene rings is 2. The van der Waals surface area contributed by atoms with Gasteiger partial charge in [0.05, 0.1) is 43.8 Å². The van der Waals surface area contributed by atoms with Gasteiger partial charge >= 0.3 is 0 Å². The van der Waals surface area contributed by atoms with Gasteiger partial charge in [0.25, 0.3) is 0 Å². The molecule has 1 fully saturated rings. The molecule has 1 saturated heterocycles. The van der Waals surface area contributed by atoms with Crippen LogP contribution in [-0.2, 0) is 10.5 Å². The van der Waals surface area contributed by atoms with Crippen molar-refractivity contribution in [1.29, 1.82) is 5.26 Å². The largest absolute Gasteiger partial charge is 0.496 e. The van der Waals surface area contributed by atoms with E-state index < -0.39 is 11.6 Å². The van der Waals surface area contributed by atoms with Crippen LogP contribution in [0.1, 0.15) is 23.5 Å². The highest BCUT2D eigenvalue weighted by Gasteiger charge is 2.52. The zero-order valence-corrected chi connectivity index (χ0v) is 18.2. The predicted molar refractivity (Wildman–Crippen MR) is 116 cm³/mol. The average molecular weight is 439 g/mol. The van der Waals surface area contributed by atoms with Crippen molar-refractivity contribution in [2.75, 3.05) is 27.1 Å². The number of allylic oxidation sites excluding steroid dienone is 1. The van der Waals surface area contributed by atoms with Crippen molar-refractivity contribution in [3.8, 4) is 23.3 Å². The van der Waals surface area contributed by atoms with Crippen LogP contribution in [0.5, 0.6) is 17.2 Å². The van der Waals surface area contributed by atoms with Gasteiger partial charge < -0.3 is 19.3 Å². The molecule has 0 saturated carbocycles. The molecular formula is C23H22N2O5S. The second kappa shape index (κ2) is 8.17. The molecule has 160 valence electrons. The third-order valence-corrected chi connectivity index (χ3v) is 6.89. The first-order valence-electron chi connectivity index (χ1n) is 9.66. The Bertz CT molecular complexity index is 1110. The fourth-order valence-electron chi connectivity index (χ4n) is 4.14. The monoisotopic (exact) mass is 438 g/mol. The number of ether oxygens (including phenoxy) is 3. The molecular weight excluding hydrogens is 416 g/mol. The molecule has 0 aliphatic carbocycles. The van der Waals surface area contributed by atoms with Crippen molar-refractivity contribution < 1.29 is 24.1 Å². The first-order chi connectivity index (χ1) is 15.0. The lowest BCUT2D eigenvalue weighted by molar-refractivity contribution is -0.149. The van der Waals surface area contributed by atoms with Gasteiger partial charge in [-0.3, -0.25) is 9.69 Å². The van der Waals surface area contributed by atoms with Crippen LogP contribution in [0.4, 0.5) is 0 Å². The summed E-state index contributed by atoms with van der Waals surface area (Å²) in [4.78, 5) is 14.6. The molecule has 2 aliphatic rings. The molecule has 2 heterocycles. The lowest BCUT2D eigenvalue weighted by Gasteiger charge is -2.38. The van der Waals surface area contributed by atoms with Gasteiger partial charge in [0.2, 0.25) is 5.91 Å². The van der Waals surface area contributed by atoms with Crippen molar-refractivity contribution in [2.24, 2.45) is 0 Å². The molecule has 0 spiro atoms. The third-order valence-electron chi connectivity index (χ3n) is 5.67. The second-order valence-corrected chi connectivity index (χ2v) is 8.20. The Morgan fingerprint density at radius 3 is 2.48 bits per heavy atom. The number of carbonyl (C=O) groups excluding carboxylic acids is 1. The summed E-state index contributed by atoms with van der Waals surface area (Å²) in [5.41, 5.74) is 0.133. The van der Waals surface area contributed by atoms with E-state index in [0.29, 0.717) is 33.4 Å². The zero-order chi connectivity index (χ0) is 22.2. The molecule has 1 N–H and O–H groups in total. The predicted octanol–water partition coefficient (Wildman–Crippen LogP) is 3.36. The maximum atomic E-state index is 13.3. The minimum absolute atomic E-state index is 0.0585. The normalized spacial score (nSPS) is 22.7. The van der Waals surface area contributed by atoms with E-state index in [4.69, 9.17) is 14.2 Å². The first kappa shape index (κ1) is 21.1. The lowest BCUT2D eigenvalue weighted by Crippen LogP contribution is -2.48. The van der Waals surface area contributed by atoms with Crippen molar-refractivity contribution in [3.63, 3.8) is 0 Å². The smallest absolute Gasteiger partial charge is 0.231 e. The number of thioether (sulfide) groups is 1. The van der Waals surface area contributed by atoms with Gasteiger partial charge in [-0.1, -0.05) is 24.3 Å². The summed E-state index contributed by atoms with van der Waals surface area (Å²) >= 11 is 1.30.